The van der Waals surface area contributed by atoms with Crippen LogP contribution in [0.3, 0.4) is 0 Å². The maximum atomic E-state index is 14.4. The van der Waals surface area contributed by atoms with Gasteiger partial charge in [-0.25, -0.2) is 13.8 Å². The number of para-hydroxylation sites is 1. The summed E-state index contributed by atoms with van der Waals surface area (Å²) >= 11 is 0. The fourth-order valence-corrected chi connectivity index (χ4v) is 5.26. The van der Waals surface area contributed by atoms with Crippen LogP contribution in [-0.2, 0) is 30.7 Å². The van der Waals surface area contributed by atoms with Crippen molar-refractivity contribution in [1.82, 2.24) is 25.3 Å². The third kappa shape index (κ3) is 6.63. The second kappa shape index (κ2) is 12.5. The van der Waals surface area contributed by atoms with Crippen LogP contribution in [0, 0.1) is 18.6 Å². The zero-order chi connectivity index (χ0) is 28.1. The third-order valence-corrected chi connectivity index (χ3v) is 7.20. The first kappa shape index (κ1) is 27.7. The molecule has 210 valence electrons. The van der Waals surface area contributed by atoms with Crippen molar-refractivity contribution in [3.8, 4) is 5.69 Å². The smallest absolute Gasteiger partial charge is 0.242 e. The Hall–Kier alpha value is -3.89. The Morgan fingerprint density at radius 1 is 1.20 bits per heavy atom. The Balaban J connectivity index is 1.21. The Bertz CT molecular complexity index is 1470. The highest BCUT2D eigenvalue weighted by atomic mass is 19.1. The average molecular weight is 549 g/mol. The van der Waals surface area contributed by atoms with Crippen LogP contribution in [0.25, 0.3) is 5.69 Å². The first-order valence-electron chi connectivity index (χ1n) is 13.7. The molecule has 3 N–H and O–H groups in total. The molecule has 1 aliphatic carbocycles. The largest absolute Gasteiger partial charge is 0.361 e. The predicted octanol–water partition coefficient (Wildman–Crippen LogP) is 4.99. The Labute approximate surface area is 232 Å². The molecule has 5 rings (SSSR count). The summed E-state index contributed by atoms with van der Waals surface area (Å²) in [5.74, 6) is -0.0334. The van der Waals surface area contributed by atoms with E-state index in [-0.39, 0.29) is 11.9 Å². The minimum atomic E-state index is -0.550. The summed E-state index contributed by atoms with van der Waals surface area (Å²) in [5, 5.41) is 13.8. The molecule has 0 saturated carbocycles. The highest BCUT2D eigenvalue weighted by Crippen LogP contribution is 2.26. The number of anilines is 1. The number of hydrogen-bond acceptors (Lipinski definition) is 6. The lowest BCUT2D eigenvalue weighted by Gasteiger charge is -2.29. The highest BCUT2D eigenvalue weighted by molar-refractivity contribution is 5.94. The first-order chi connectivity index (χ1) is 19.4. The van der Waals surface area contributed by atoms with Crippen LogP contribution in [0.15, 0.2) is 59.5 Å². The van der Waals surface area contributed by atoms with Crippen molar-refractivity contribution in [2.24, 2.45) is 0 Å². The second-order valence-electron chi connectivity index (χ2n) is 10.3. The van der Waals surface area contributed by atoms with Crippen molar-refractivity contribution >= 4 is 11.7 Å². The molecule has 1 amide bonds. The standard InChI is InChI=1S/C30H34F2N6O2/c1-3-6-27(35-23-10-9-20-12-22(31)13-26(32)25(20)14-23)30(39)36-29-17-38(18-34-29)28-8-5-4-7-21(28)15-33-16-24-11-19(2)40-37-24/h4-5,7-8,11-13,17-18,23,27,33,35H,3,6,9-10,14-16H2,1-2H3,(H,36,39)/t23-,27-/m0/s1. The van der Waals surface area contributed by atoms with Gasteiger partial charge in [-0.05, 0) is 61.4 Å². The van der Waals surface area contributed by atoms with Crippen LogP contribution in [0.2, 0.25) is 0 Å². The zero-order valence-electron chi connectivity index (χ0n) is 22.7. The minimum absolute atomic E-state index is 0.0761. The van der Waals surface area contributed by atoms with Gasteiger partial charge in [0.05, 0.1) is 23.6 Å². The molecule has 40 heavy (non-hydrogen) atoms. The van der Waals surface area contributed by atoms with Crippen molar-refractivity contribution in [2.75, 3.05) is 5.32 Å². The summed E-state index contributed by atoms with van der Waals surface area (Å²) in [6, 6.07) is 11.7. The molecule has 2 atom stereocenters. The second-order valence-corrected chi connectivity index (χ2v) is 10.3. The van der Waals surface area contributed by atoms with E-state index >= 15 is 0 Å². The van der Waals surface area contributed by atoms with Crippen LogP contribution in [0.5, 0.6) is 0 Å². The van der Waals surface area contributed by atoms with Crippen molar-refractivity contribution in [3.05, 3.63) is 94.8 Å². The number of hydrogen-bond donors (Lipinski definition) is 3. The number of rotatable bonds is 11. The number of benzene rings is 2. The van der Waals surface area contributed by atoms with Gasteiger partial charge in [0.25, 0.3) is 0 Å². The Morgan fingerprint density at radius 3 is 2.85 bits per heavy atom. The van der Waals surface area contributed by atoms with Gasteiger partial charge in [0.15, 0.2) is 5.82 Å². The maximum absolute atomic E-state index is 14.4. The van der Waals surface area contributed by atoms with Gasteiger partial charge in [-0.3, -0.25) is 4.79 Å². The van der Waals surface area contributed by atoms with Crippen LogP contribution in [0.1, 0.15) is 54.3 Å². The fourth-order valence-electron chi connectivity index (χ4n) is 5.26. The molecule has 1 aliphatic rings. The van der Waals surface area contributed by atoms with Crippen molar-refractivity contribution in [2.45, 2.75) is 71.1 Å². The number of carbonyl (C=O) groups excluding carboxylic acids is 1. The van der Waals surface area contributed by atoms with Crippen LogP contribution in [0.4, 0.5) is 14.6 Å². The molecular weight excluding hydrogens is 514 g/mol. The molecule has 0 fully saturated rings. The topological polar surface area (TPSA) is 97.0 Å². The summed E-state index contributed by atoms with van der Waals surface area (Å²) in [7, 11) is 0. The van der Waals surface area contributed by atoms with Crippen LogP contribution in [-0.4, -0.2) is 32.7 Å². The van der Waals surface area contributed by atoms with Gasteiger partial charge in [0.1, 0.15) is 23.7 Å². The van der Waals surface area contributed by atoms with Gasteiger partial charge in [0, 0.05) is 31.3 Å². The van der Waals surface area contributed by atoms with E-state index in [1.807, 2.05) is 48.7 Å². The SMILES string of the molecule is CCC[C@H](N[C@H]1CCc2cc(F)cc(F)c2C1)C(=O)Nc1cn(-c2ccccc2CNCc2cc(C)on2)cn1. The van der Waals surface area contributed by atoms with Crippen LogP contribution < -0.4 is 16.0 Å². The van der Waals surface area contributed by atoms with Crippen LogP contribution >= 0.6 is 0 Å². The third-order valence-electron chi connectivity index (χ3n) is 7.20. The molecule has 2 aromatic carbocycles. The lowest BCUT2D eigenvalue weighted by atomic mass is 9.87. The van der Waals surface area contributed by atoms with E-state index < -0.39 is 17.7 Å². The number of imidazole rings is 1. The Morgan fingerprint density at radius 2 is 2.05 bits per heavy atom. The van der Waals surface area contributed by atoms with Gasteiger partial charge in [-0.15, -0.1) is 0 Å². The van der Waals surface area contributed by atoms with E-state index in [0.717, 1.165) is 35.2 Å². The number of fused-ring (bicyclic) bond motifs is 1. The van der Waals surface area contributed by atoms with Crippen molar-refractivity contribution in [1.29, 1.82) is 0 Å². The van der Waals surface area contributed by atoms with Crippen molar-refractivity contribution < 1.29 is 18.1 Å². The summed E-state index contributed by atoms with van der Waals surface area (Å²) in [6.45, 7) is 5.08. The van der Waals surface area contributed by atoms with Gasteiger partial charge < -0.3 is 25.0 Å². The summed E-state index contributed by atoms with van der Waals surface area (Å²) < 4.78 is 35.0. The van der Waals surface area contributed by atoms with E-state index in [0.29, 0.717) is 55.7 Å². The van der Waals surface area contributed by atoms with Crippen molar-refractivity contribution in [3.63, 3.8) is 0 Å². The molecular formula is C30H34F2N6O2. The maximum Gasteiger partial charge on any atom is 0.242 e. The lowest BCUT2D eigenvalue weighted by molar-refractivity contribution is -0.118. The summed E-state index contributed by atoms with van der Waals surface area (Å²) in [6.07, 6.45) is 6.60. The van der Waals surface area contributed by atoms with E-state index in [4.69, 9.17) is 4.52 Å². The Kier molecular flexibility index (Phi) is 8.66. The quantitative estimate of drug-likeness (QED) is 0.244. The van der Waals surface area contributed by atoms with Gasteiger partial charge >= 0.3 is 0 Å². The zero-order valence-corrected chi connectivity index (χ0v) is 22.7. The van der Waals surface area contributed by atoms with E-state index in [1.165, 1.54) is 6.07 Å². The molecule has 0 bridgehead atoms. The number of carbonyl (C=O) groups is 1. The predicted molar refractivity (Wildman–Crippen MR) is 148 cm³/mol. The molecule has 10 heteroatoms. The molecule has 2 aromatic heterocycles. The molecule has 0 radical (unpaired) electrons. The first-order valence-corrected chi connectivity index (χ1v) is 13.7. The number of amides is 1. The van der Waals surface area contributed by atoms with E-state index in [2.05, 4.69) is 26.1 Å². The number of aromatic nitrogens is 3. The fraction of sp³-hybridized carbons (Fsp3) is 0.367. The number of nitrogens with zero attached hydrogens (tertiary/aromatic N) is 3. The molecule has 0 spiro atoms. The molecule has 8 nitrogen and oxygen atoms in total. The van der Waals surface area contributed by atoms with Gasteiger partial charge in [-0.1, -0.05) is 36.7 Å². The number of halogens is 2. The summed E-state index contributed by atoms with van der Waals surface area (Å²) in [4.78, 5) is 17.7. The molecule has 0 saturated heterocycles. The van der Waals surface area contributed by atoms with Gasteiger partial charge in [-0.2, -0.15) is 0 Å². The van der Waals surface area contributed by atoms with E-state index in [1.54, 1.807) is 12.5 Å². The average Bonchev–Trinajstić information content (AvgIpc) is 3.57. The molecule has 4 aromatic rings. The summed E-state index contributed by atoms with van der Waals surface area (Å²) in [5.41, 5.74) is 4.09. The minimum Gasteiger partial charge on any atom is -0.361 e. The highest BCUT2D eigenvalue weighted by Gasteiger charge is 2.27. The molecule has 0 unspecified atom stereocenters. The lowest BCUT2D eigenvalue weighted by Crippen LogP contribution is -2.48. The molecule has 0 aliphatic heterocycles. The monoisotopic (exact) mass is 548 g/mol. The number of nitrogens with one attached hydrogen (secondary N) is 3. The van der Waals surface area contributed by atoms with Gasteiger partial charge in [0.2, 0.25) is 5.91 Å². The normalized spacial score (nSPS) is 15.6. The van der Waals surface area contributed by atoms with E-state index in [9.17, 15) is 13.6 Å². The number of aryl methyl sites for hydroxylation is 2. The molecule has 2 heterocycles.